The molecule has 0 unspecified atom stereocenters. The number of nitrogens with zero attached hydrogens (tertiary/aromatic N) is 2. The normalized spacial score (nSPS) is 10.4. The second kappa shape index (κ2) is 6.22. The van der Waals surface area contributed by atoms with Crippen LogP contribution in [0.2, 0.25) is 0 Å². The van der Waals surface area contributed by atoms with Crippen molar-refractivity contribution in [2.45, 2.75) is 13.3 Å². The summed E-state index contributed by atoms with van der Waals surface area (Å²) in [5.41, 5.74) is 3.60. The number of benzene rings is 2. The third-order valence-corrected chi connectivity index (χ3v) is 3.37. The number of hydrogen-bond acceptors (Lipinski definition) is 4. The number of carbonyl (C=O) groups excluding carboxylic acids is 1. The van der Waals surface area contributed by atoms with E-state index in [2.05, 4.69) is 15.5 Å². The van der Waals surface area contributed by atoms with Gasteiger partial charge in [0.1, 0.15) is 0 Å². The standard InChI is InChI=1S/C17H15N3O2/c1-12-5-2-3-6-13(12)10-16(21)19-15-8-4-7-14(9-15)17-20-18-11-22-17/h2-9,11H,10H2,1H3,(H,19,21). The number of amides is 1. The van der Waals surface area contributed by atoms with Gasteiger partial charge < -0.3 is 9.73 Å². The van der Waals surface area contributed by atoms with E-state index < -0.39 is 0 Å². The highest BCUT2D eigenvalue weighted by Gasteiger charge is 2.08. The quantitative estimate of drug-likeness (QED) is 0.802. The fraction of sp³-hybridized carbons (Fsp3) is 0.118. The summed E-state index contributed by atoms with van der Waals surface area (Å²) >= 11 is 0. The molecule has 0 aliphatic heterocycles. The summed E-state index contributed by atoms with van der Waals surface area (Å²) in [6, 6.07) is 15.2. The Morgan fingerprint density at radius 1 is 1.18 bits per heavy atom. The highest BCUT2D eigenvalue weighted by Crippen LogP contribution is 2.20. The molecule has 0 fully saturated rings. The molecular formula is C17H15N3O2. The molecule has 0 spiro atoms. The SMILES string of the molecule is Cc1ccccc1CC(=O)Nc1cccc(-c2nnco2)c1. The molecule has 0 aliphatic rings. The van der Waals surface area contributed by atoms with Crippen LogP contribution in [-0.2, 0) is 11.2 Å². The van der Waals surface area contributed by atoms with Crippen molar-refractivity contribution in [2.24, 2.45) is 0 Å². The lowest BCUT2D eigenvalue weighted by atomic mass is 10.1. The number of anilines is 1. The minimum absolute atomic E-state index is 0.0584. The largest absolute Gasteiger partial charge is 0.423 e. The van der Waals surface area contributed by atoms with Crippen molar-refractivity contribution in [3.05, 3.63) is 66.1 Å². The average Bonchev–Trinajstić information content (AvgIpc) is 3.04. The zero-order valence-corrected chi connectivity index (χ0v) is 12.1. The fourth-order valence-corrected chi connectivity index (χ4v) is 2.22. The van der Waals surface area contributed by atoms with Crippen LogP contribution in [0.5, 0.6) is 0 Å². The van der Waals surface area contributed by atoms with Crippen LogP contribution in [0.3, 0.4) is 0 Å². The molecule has 1 aromatic heterocycles. The topological polar surface area (TPSA) is 68.0 Å². The van der Waals surface area contributed by atoms with Crippen molar-refractivity contribution in [2.75, 3.05) is 5.32 Å². The molecule has 3 rings (SSSR count). The van der Waals surface area contributed by atoms with Gasteiger partial charge >= 0.3 is 0 Å². The summed E-state index contributed by atoms with van der Waals surface area (Å²) in [5.74, 6) is 0.368. The van der Waals surface area contributed by atoms with Gasteiger partial charge in [0.15, 0.2) is 0 Å². The van der Waals surface area contributed by atoms with Crippen molar-refractivity contribution < 1.29 is 9.21 Å². The molecule has 0 saturated carbocycles. The zero-order valence-electron chi connectivity index (χ0n) is 12.1. The van der Waals surface area contributed by atoms with Crippen LogP contribution in [0.25, 0.3) is 11.5 Å². The fourth-order valence-electron chi connectivity index (χ4n) is 2.22. The van der Waals surface area contributed by atoms with E-state index in [0.717, 1.165) is 16.7 Å². The Balaban J connectivity index is 1.72. The van der Waals surface area contributed by atoms with Gasteiger partial charge in [0, 0.05) is 11.3 Å². The van der Waals surface area contributed by atoms with E-state index in [-0.39, 0.29) is 5.91 Å². The van der Waals surface area contributed by atoms with E-state index >= 15 is 0 Å². The number of rotatable bonds is 4. The van der Waals surface area contributed by atoms with Gasteiger partial charge in [0.25, 0.3) is 0 Å². The highest BCUT2D eigenvalue weighted by atomic mass is 16.4. The van der Waals surface area contributed by atoms with Crippen LogP contribution < -0.4 is 5.32 Å². The van der Waals surface area contributed by atoms with E-state index in [0.29, 0.717) is 18.0 Å². The molecule has 0 bridgehead atoms. The van der Waals surface area contributed by atoms with Gasteiger partial charge in [-0.3, -0.25) is 4.79 Å². The van der Waals surface area contributed by atoms with Crippen LogP contribution >= 0.6 is 0 Å². The minimum Gasteiger partial charge on any atom is -0.423 e. The average molecular weight is 293 g/mol. The van der Waals surface area contributed by atoms with Crippen molar-refractivity contribution in [1.29, 1.82) is 0 Å². The lowest BCUT2D eigenvalue weighted by molar-refractivity contribution is -0.115. The van der Waals surface area contributed by atoms with E-state index in [1.165, 1.54) is 6.39 Å². The molecule has 1 amide bonds. The van der Waals surface area contributed by atoms with Gasteiger partial charge in [-0.05, 0) is 36.2 Å². The molecular weight excluding hydrogens is 278 g/mol. The van der Waals surface area contributed by atoms with E-state index in [1.54, 1.807) is 0 Å². The second-order valence-electron chi connectivity index (χ2n) is 4.98. The number of aromatic nitrogens is 2. The minimum atomic E-state index is -0.0584. The Bertz CT molecular complexity index is 782. The molecule has 0 radical (unpaired) electrons. The Kier molecular flexibility index (Phi) is 3.96. The van der Waals surface area contributed by atoms with Crippen molar-refractivity contribution in [1.82, 2.24) is 10.2 Å². The number of hydrogen-bond donors (Lipinski definition) is 1. The summed E-state index contributed by atoms with van der Waals surface area (Å²) < 4.78 is 5.16. The molecule has 0 saturated heterocycles. The predicted molar refractivity (Wildman–Crippen MR) is 83.2 cm³/mol. The van der Waals surface area contributed by atoms with E-state index in [1.807, 2.05) is 55.5 Å². The third-order valence-electron chi connectivity index (χ3n) is 3.37. The van der Waals surface area contributed by atoms with Crippen molar-refractivity contribution in [3.8, 4) is 11.5 Å². The Morgan fingerprint density at radius 3 is 2.82 bits per heavy atom. The number of nitrogens with one attached hydrogen (secondary N) is 1. The molecule has 1 N–H and O–H groups in total. The molecule has 110 valence electrons. The van der Waals surface area contributed by atoms with Gasteiger partial charge in [-0.15, -0.1) is 10.2 Å². The second-order valence-corrected chi connectivity index (χ2v) is 4.98. The first-order chi connectivity index (χ1) is 10.7. The first kappa shape index (κ1) is 14.0. The lowest BCUT2D eigenvalue weighted by Crippen LogP contribution is -2.15. The summed E-state index contributed by atoms with van der Waals surface area (Å²) in [6.07, 6.45) is 1.62. The maximum atomic E-state index is 12.2. The van der Waals surface area contributed by atoms with Crippen molar-refractivity contribution in [3.63, 3.8) is 0 Å². The summed E-state index contributed by atoms with van der Waals surface area (Å²) in [7, 11) is 0. The molecule has 5 nitrogen and oxygen atoms in total. The molecule has 0 atom stereocenters. The van der Waals surface area contributed by atoms with Gasteiger partial charge in [0.05, 0.1) is 6.42 Å². The Labute approximate surface area is 128 Å². The molecule has 5 heteroatoms. The number of carbonyl (C=O) groups is 1. The van der Waals surface area contributed by atoms with E-state index in [4.69, 9.17) is 4.42 Å². The molecule has 0 aliphatic carbocycles. The predicted octanol–water partition coefficient (Wildman–Crippen LogP) is 3.23. The lowest BCUT2D eigenvalue weighted by Gasteiger charge is -2.08. The van der Waals surface area contributed by atoms with Crippen LogP contribution in [0.15, 0.2) is 59.3 Å². The Morgan fingerprint density at radius 2 is 2.05 bits per heavy atom. The highest BCUT2D eigenvalue weighted by molar-refractivity contribution is 5.92. The monoisotopic (exact) mass is 293 g/mol. The van der Waals surface area contributed by atoms with Crippen LogP contribution in [0.4, 0.5) is 5.69 Å². The van der Waals surface area contributed by atoms with Crippen molar-refractivity contribution >= 4 is 11.6 Å². The summed E-state index contributed by atoms with van der Waals surface area (Å²) in [5, 5.41) is 10.4. The first-order valence-electron chi connectivity index (χ1n) is 6.93. The smallest absolute Gasteiger partial charge is 0.247 e. The molecule has 22 heavy (non-hydrogen) atoms. The van der Waals surface area contributed by atoms with E-state index in [9.17, 15) is 4.79 Å². The van der Waals surface area contributed by atoms with Crippen LogP contribution in [0, 0.1) is 6.92 Å². The summed E-state index contributed by atoms with van der Waals surface area (Å²) in [6.45, 7) is 2.00. The first-order valence-corrected chi connectivity index (χ1v) is 6.93. The van der Waals surface area contributed by atoms with Crippen LogP contribution in [-0.4, -0.2) is 16.1 Å². The van der Waals surface area contributed by atoms with Gasteiger partial charge in [-0.2, -0.15) is 0 Å². The maximum absolute atomic E-state index is 12.2. The number of aryl methyl sites for hydroxylation is 1. The summed E-state index contributed by atoms with van der Waals surface area (Å²) in [4.78, 5) is 12.2. The van der Waals surface area contributed by atoms with Gasteiger partial charge in [-0.1, -0.05) is 30.3 Å². The maximum Gasteiger partial charge on any atom is 0.247 e. The molecule has 2 aromatic carbocycles. The van der Waals surface area contributed by atoms with Crippen LogP contribution in [0.1, 0.15) is 11.1 Å². The van der Waals surface area contributed by atoms with Gasteiger partial charge in [0.2, 0.25) is 18.2 Å². The Hall–Kier alpha value is -2.95. The molecule has 1 heterocycles. The molecule has 3 aromatic rings. The van der Waals surface area contributed by atoms with Gasteiger partial charge in [-0.25, -0.2) is 0 Å². The third kappa shape index (κ3) is 3.20. The zero-order chi connectivity index (χ0) is 15.4.